The molecule has 1 aromatic heterocycles. The number of rotatable bonds is 4. The Morgan fingerprint density at radius 1 is 1.24 bits per heavy atom. The van der Waals surface area contributed by atoms with Crippen molar-refractivity contribution in [1.82, 2.24) is 9.88 Å². The normalized spacial score (nSPS) is 17.8. The van der Waals surface area contributed by atoms with Gasteiger partial charge >= 0.3 is 12.3 Å². The van der Waals surface area contributed by atoms with Crippen molar-refractivity contribution in [2.75, 3.05) is 13.1 Å². The minimum atomic E-state index is -4.71. The van der Waals surface area contributed by atoms with Crippen LogP contribution in [0, 0.1) is 5.92 Å². The highest BCUT2D eigenvalue weighted by atomic mass is 32.2. The Kier molecular flexibility index (Phi) is 6.86. The Bertz CT molecular complexity index is 827. The molecule has 0 aromatic carbocycles. The molecule has 29 heavy (non-hydrogen) atoms. The summed E-state index contributed by atoms with van der Waals surface area (Å²) in [6.45, 7) is 7.74. The van der Waals surface area contributed by atoms with Crippen LogP contribution in [-0.2, 0) is 20.8 Å². The molecule has 10 heteroatoms. The van der Waals surface area contributed by atoms with Gasteiger partial charge < -0.3 is 9.64 Å². The standard InChI is InChI=1S/C19H27F3N2O4S/c1-13(29(26,27)16-7-5-6-15(23-16)19(20,21)22)12-14-8-10-24(11-9-14)17(25)28-18(2,3)4/h5-7,13-14H,8-12H2,1-4H3. The largest absolute Gasteiger partial charge is 0.444 e. The van der Waals surface area contributed by atoms with Crippen LogP contribution >= 0.6 is 0 Å². The van der Waals surface area contributed by atoms with Crippen LogP contribution in [0.3, 0.4) is 0 Å². The van der Waals surface area contributed by atoms with E-state index in [9.17, 15) is 26.4 Å². The molecule has 6 nitrogen and oxygen atoms in total. The van der Waals surface area contributed by atoms with E-state index in [4.69, 9.17) is 4.74 Å². The fraction of sp³-hybridized carbons (Fsp3) is 0.684. The van der Waals surface area contributed by atoms with Gasteiger partial charge in [-0.05, 0) is 65.0 Å². The van der Waals surface area contributed by atoms with E-state index in [2.05, 4.69) is 4.98 Å². The first-order valence-corrected chi connectivity index (χ1v) is 11.0. The van der Waals surface area contributed by atoms with Crippen molar-refractivity contribution >= 4 is 15.9 Å². The zero-order chi connectivity index (χ0) is 22.0. The van der Waals surface area contributed by atoms with Crippen molar-refractivity contribution in [3.05, 3.63) is 23.9 Å². The number of halogens is 3. The molecule has 164 valence electrons. The van der Waals surface area contributed by atoms with E-state index < -0.39 is 43.7 Å². The van der Waals surface area contributed by atoms with E-state index in [0.29, 0.717) is 32.4 Å². The lowest BCUT2D eigenvalue weighted by molar-refractivity contribution is -0.141. The molecule has 2 rings (SSSR count). The number of piperidine rings is 1. The molecular formula is C19H27F3N2O4S. The minimum absolute atomic E-state index is 0.0456. The Morgan fingerprint density at radius 2 is 1.83 bits per heavy atom. The highest BCUT2D eigenvalue weighted by Crippen LogP contribution is 2.30. The number of sulfone groups is 1. The molecular weight excluding hydrogens is 409 g/mol. The topological polar surface area (TPSA) is 76.6 Å². The Morgan fingerprint density at radius 3 is 2.34 bits per heavy atom. The Hall–Kier alpha value is -1.84. The van der Waals surface area contributed by atoms with Crippen molar-refractivity contribution in [1.29, 1.82) is 0 Å². The zero-order valence-corrected chi connectivity index (χ0v) is 17.8. The van der Waals surface area contributed by atoms with E-state index >= 15 is 0 Å². The first kappa shape index (κ1) is 23.4. The van der Waals surface area contributed by atoms with Gasteiger partial charge in [0.2, 0.25) is 0 Å². The average molecular weight is 436 g/mol. The van der Waals surface area contributed by atoms with Crippen LogP contribution < -0.4 is 0 Å². The molecule has 1 saturated heterocycles. The van der Waals surface area contributed by atoms with Crippen LogP contribution in [0.15, 0.2) is 23.2 Å². The van der Waals surface area contributed by atoms with Gasteiger partial charge in [-0.2, -0.15) is 13.2 Å². The molecule has 2 heterocycles. The molecule has 0 N–H and O–H groups in total. The van der Waals surface area contributed by atoms with Crippen LogP contribution in [0.2, 0.25) is 0 Å². The van der Waals surface area contributed by atoms with E-state index in [1.807, 2.05) is 0 Å². The van der Waals surface area contributed by atoms with E-state index in [0.717, 1.165) is 18.2 Å². The first-order chi connectivity index (χ1) is 13.2. The number of nitrogens with zero attached hydrogens (tertiary/aromatic N) is 2. The molecule has 0 bridgehead atoms. The monoisotopic (exact) mass is 436 g/mol. The summed E-state index contributed by atoms with van der Waals surface area (Å²) in [6.07, 6.45) is -3.60. The Balaban J connectivity index is 1.99. The van der Waals surface area contributed by atoms with Gasteiger partial charge in [0.25, 0.3) is 0 Å². The number of pyridine rings is 1. The summed E-state index contributed by atoms with van der Waals surface area (Å²) < 4.78 is 69.2. The molecule has 0 saturated carbocycles. The molecule has 1 atom stereocenters. The van der Waals surface area contributed by atoms with Crippen molar-refractivity contribution in [2.45, 2.75) is 69.0 Å². The second kappa shape index (κ2) is 8.49. The third-order valence-corrected chi connectivity index (χ3v) is 6.83. The van der Waals surface area contributed by atoms with Gasteiger partial charge in [0.1, 0.15) is 11.3 Å². The molecule has 1 unspecified atom stereocenters. The Labute approximate surface area is 169 Å². The maximum atomic E-state index is 12.8. The fourth-order valence-corrected chi connectivity index (χ4v) is 4.64. The molecule has 1 aromatic rings. The highest BCUT2D eigenvalue weighted by molar-refractivity contribution is 7.92. The van der Waals surface area contributed by atoms with Gasteiger partial charge in [-0.15, -0.1) is 0 Å². The van der Waals surface area contributed by atoms with Crippen LogP contribution in [0.5, 0.6) is 0 Å². The quantitative estimate of drug-likeness (QED) is 0.703. The number of hydrogen-bond acceptors (Lipinski definition) is 5. The van der Waals surface area contributed by atoms with Crippen molar-refractivity contribution < 1.29 is 31.1 Å². The average Bonchev–Trinajstić information content (AvgIpc) is 2.60. The third kappa shape index (κ3) is 6.32. The number of amides is 1. The smallest absolute Gasteiger partial charge is 0.433 e. The van der Waals surface area contributed by atoms with Crippen LogP contribution in [-0.4, -0.2) is 48.3 Å². The van der Waals surface area contributed by atoms with Crippen molar-refractivity contribution in [2.24, 2.45) is 5.92 Å². The van der Waals surface area contributed by atoms with Gasteiger partial charge in [-0.1, -0.05) is 6.07 Å². The lowest BCUT2D eigenvalue weighted by atomic mass is 9.92. The molecule has 1 aliphatic heterocycles. The maximum Gasteiger partial charge on any atom is 0.433 e. The maximum absolute atomic E-state index is 12.8. The number of hydrogen-bond donors (Lipinski definition) is 0. The molecule has 1 amide bonds. The lowest BCUT2D eigenvalue weighted by Gasteiger charge is -2.34. The fourth-order valence-electron chi connectivity index (χ4n) is 3.21. The van der Waals surface area contributed by atoms with Gasteiger partial charge in [0.05, 0.1) is 5.25 Å². The minimum Gasteiger partial charge on any atom is -0.444 e. The zero-order valence-electron chi connectivity index (χ0n) is 17.0. The van der Waals surface area contributed by atoms with E-state index in [-0.39, 0.29) is 5.92 Å². The van der Waals surface area contributed by atoms with Gasteiger partial charge in [0, 0.05) is 13.1 Å². The van der Waals surface area contributed by atoms with Crippen LogP contribution in [0.1, 0.15) is 52.7 Å². The molecule has 0 radical (unpaired) electrons. The second-order valence-corrected chi connectivity index (χ2v) is 10.7. The van der Waals surface area contributed by atoms with Gasteiger partial charge in [-0.3, -0.25) is 0 Å². The summed E-state index contributed by atoms with van der Waals surface area (Å²) in [7, 11) is -3.99. The van der Waals surface area contributed by atoms with Crippen LogP contribution in [0.4, 0.5) is 18.0 Å². The number of alkyl halides is 3. The predicted molar refractivity (Wildman–Crippen MR) is 101 cm³/mol. The van der Waals surface area contributed by atoms with E-state index in [1.54, 1.807) is 25.7 Å². The van der Waals surface area contributed by atoms with Crippen molar-refractivity contribution in [3.63, 3.8) is 0 Å². The summed E-state index contributed by atoms with van der Waals surface area (Å²) in [4.78, 5) is 17.0. The van der Waals surface area contributed by atoms with Crippen molar-refractivity contribution in [3.8, 4) is 0 Å². The SMILES string of the molecule is CC(CC1CCN(C(=O)OC(C)(C)C)CC1)S(=O)(=O)c1cccc(C(F)(F)F)n1. The predicted octanol–water partition coefficient (Wildman–Crippen LogP) is 4.30. The summed E-state index contributed by atoms with van der Waals surface area (Å²) in [5.41, 5.74) is -1.81. The molecule has 0 spiro atoms. The molecule has 1 aliphatic rings. The first-order valence-electron chi connectivity index (χ1n) is 9.46. The summed E-state index contributed by atoms with van der Waals surface area (Å²) in [6, 6.07) is 2.89. The summed E-state index contributed by atoms with van der Waals surface area (Å²) in [5.74, 6) is 0.0456. The van der Waals surface area contributed by atoms with Crippen LogP contribution in [0.25, 0.3) is 0 Å². The summed E-state index contributed by atoms with van der Waals surface area (Å²) >= 11 is 0. The summed E-state index contributed by atoms with van der Waals surface area (Å²) in [5, 5.41) is -1.44. The highest BCUT2D eigenvalue weighted by Gasteiger charge is 2.35. The molecule has 0 aliphatic carbocycles. The number of likely N-dealkylation sites (tertiary alicyclic amines) is 1. The third-order valence-electron chi connectivity index (χ3n) is 4.77. The number of carbonyl (C=O) groups is 1. The van der Waals surface area contributed by atoms with Gasteiger partial charge in [-0.25, -0.2) is 18.2 Å². The van der Waals surface area contributed by atoms with Gasteiger partial charge in [0.15, 0.2) is 14.9 Å². The lowest BCUT2D eigenvalue weighted by Crippen LogP contribution is -2.42. The second-order valence-electron chi connectivity index (χ2n) is 8.36. The molecule has 1 fully saturated rings. The number of ether oxygens (including phenoxy) is 1. The number of aromatic nitrogens is 1. The number of carbonyl (C=O) groups excluding carboxylic acids is 1. The van der Waals surface area contributed by atoms with E-state index in [1.165, 1.54) is 6.92 Å².